The Kier molecular flexibility index (Phi) is 5.01. The zero-order valence-corrected chi connectivity index (χ0v) is 15.2. The molecule has 24 heavy (non-hydrogen) atoms. The van der Waals surface area contributed by atoms with Crippen molar-refractivity contribution < 1.29 is 9.90 Å². The monoisotopic (exact) mass is 344 g/mol. The lowest BCUT2D eigenvalue weighted by molar-refractivity contribution is -0.142. The molecule has 1 N–H and O–H groups in total. The Hall–Kier alpha value is -1.72. The maximum absolute atomic E-state index is 11.2. The molecule has 0 radical (unpaired) electrons. The summed E-state index contributed by atoms with van der Waals surface area (Å²) in [5, 5.41) is 10.3. The zero-order chi connectivity index (χ0) is 17.3. The summed E-state index contributed by atoms with van der Waals surface area (Å²) in [6.45, 7) is 8.67. The average Bonchev–Trinajstić information content (AvgIpc) is 3.14. The summed E-state index contributed by atoms with van der Waals surface area (Å²) in [7, 11) is 0. The summed E-state index contributed by atoms with van der Waals surface area (Å²) in [6.07, 6.45) is 1.93. The first kappa shape index (κ1) is 17.1. The summed E-state index contributed by atoms with van der Waals surface area (Å²) in [6, 6.07) is 8.61. The highest BCUT2D eigenvalue weighted by molar-refractivity contribution is 7.15. The minimum atomic E-state index is -0.680. The topological polar surface area (TPSA) is 53.4 Å². The molecule has 5 heteroatoms. The van der Waals surface area contributed by atoms with Crippen LogP contribution in [0.15, 0.2) is 30.5 Å². The number of rotatable bonds is 5. The van der Waals surface area contributed by atoms with Crippen molar-refractivity contribution in [3.05, 3.63) is 40.9 Å². The molecule has 0 aliphatic carbocycles. The van der Waals surface area contributed by atoms with E-state index >= 15 is 0 Å². The van der Waals surface area contributed by atoms with Gasteiger partial charge in [0.1, 0.15) is 5.01 Å². The molecule has 3 rings (SSSR count). The van der Waals surface area contributed by atoms with Gasteiger partial charge >= 0.3 is 5.97 Å². The average molecular weight is 344 g/mol. The molecular weight excluding hydrogens is 320 g/mol. The van der Waals surface area contributed by atoms with Gasteiger partial charge in [0.15, 0.2) is 0 Å². The Morgan fingerprint density at radius 3 is 2.62 bits per heavy atom. The van der Waals surface area contributed by atoms with Crippen LogP contribution < -0.4 is 0 Å². The van der Waals surface area contributed by atoms with Crippen molar-refractivity contribution in [3.63, 3.8) is 0 Å². The van der Waals surface area contributed by atoms with Gasteiger partial charge in [-0.05, 0) is 17.4 Å². The van der Waals surface area contributed by atoms with Gasteiger partial charge in [-0.2, -0.15) is 0 Å². The van der Waals surface area contributed by atoms with Gasteiger partial charge in [0.05, 0.1) is 5.92 Å². The Morgan fingerprint density at radius 1 is 1.33 bits per heavy atom. The van der Waals surface area contributed by atoms with Crippen LogP contribution in [0, 0.1) is 11.8 Å². The Labute approximate surface area is 147 Å². The highest BCUT2D eigenvalue weighted by Crippen LogP contribution is 2.30. The highest BCUT2D eigenvalue weighted by Gasteiger charge is 2.34. The molecule has 0 spiro atoms. The van der Waals surface area contributed by atoms with Crippen LogP contribution in [0.4, 0.5) is 0 Å². The van der Waals surface area contributed by atoms with E-state index < -0.39 is 5.97 Å². The van der Waals surface area contributed by atoms with Crippen molar-refractivity contribution in [1.29, 1.82) is 0 Å². The van der Waals surface area contributed by atoms with Gasteiger partial charge in [-0.1, -0.05) is 45.0 Å². The molecule has 0 unspecified atom stereocenters. The van der Waals surface area contributed by atoms with Gasteiger partial charge in [-0.25, -0.2) is 4.98 Å². The summed E-state index contributed by atoms with van der Waals surface area (Å²) in [5.74, 6) is -0.190. The summed E-state index contributed by atoms with van der Waals surface area (Å²) >= 11 is 1.70. The zero-order valence-electron chi connectivity index (χ0n) is 14.4. The van der Waals surface area contributed by atoms with Gasteiger partial charge in [0.25, 0.3) is 0 Å². The second kappa shape index (κ2) is 7.03. The summed E-state index contributed by atoms with van der Waals surface area (Å²) in [4.78, 5) is 19.2. The third kappa shape index (κ3) is 3.68. The number of aromatic nitrogens is 1. The number of thiazole rings is 1. The number of likely N-dealkylation sites (tertiary alicyclic amines) is 1. The lowest BCUT2D eigenvalue weighted by Gasteiger charge is -2.13. The Bertz CT molecular complexity index is 708. The SMILES string of the molecule is CC(C)c1ccc(-c2ncc(CN3C[C@@H](C)[C@H](C(=O)O)C3)s2)cc1. The minimum absolute atomic E-state index is 0.207. The van der Waals surface area contributed by atoms with Crippen LogP contribution in [0.3, 0.4) is 0 Å². The van der Waals surface area contributed by atoms with Crippen LogP contribution in [-0.2, 0) is 11.3 Å². The second-order valence-corrected chi connectivity index (χ2v) is 8.14. The molecule has 4 nitrogen and oxygen atoms in total. The summed E-state index contributed by atoms with van der Waals surface area (Å²) in [5.41, 5.74) is 2.48. The number of aliphatic carboxylic acids is 1. The van der Waals surface area contributed by atoms with Crippen molar-refractivity contribution in [1.82, 2.24) is 9.88 Å². The molecule has 1 aromatic carbocycles. The number of carboxylic acid groups (broad SMARTS) is 1. The molecule has 1 fully saturated rings. The van der Waals surface area contributed by atoms with Crippen molar-refractivity contribution in [2.45, 2.75) is 33.2 Å². The third-order valence-electron chi connectivity index (χ3n) is 4.76. The van der Waals surface area contributed by atoms with Crippen molar-refractivity contribution >= 4 is 17.3 Å². The molecule has 0 bridgehead atoms. The van der Waals surface area contributed by atoms with Crippen LogP contribution >= 0.6 is 11.3 Å². The molecule has 1 aliphatic heterocycles. The van der Waals surface area contributed by atoms with Crippen molar-refractivity contribution in [3.8, 4) is 10.6 Å². The fourth-order valence-corrected chi connectivity index (χ4v) is 4.22. The quantitative estimate of drug-likeness (QED) is 0.888. The molecule has 1 saturated heterocycles. The molecule has 1 aromatic heterocycles. The molecule has 128 valence electrons. The smallest absolute Gasteiger partial charge is 0.308 e. The van der Waals surface area contributed by atoms with Gasteiger partial charge < -0.3 is 5.11 Å². The lowest BCUT2D eigenvalue weighted by atomic mass is 9.99. The van der Waals surface area contributed by atoms with E-state index in [0.29, 0.717) is 12.5 Å². The number of nitrogens with zero attached hydrogens (tertiary/aromatic N) is 2. The third-order valence-corrected chi connectivity index (χ3v) is 5.79. The fourth-order valence-electron chi connectivity index (χ4n) is 3.26. The van der Waals surface area contributed by atoms with E-state index in [2.05, 4.69) is 48.0 Å². The molecular formula is C19H24N2O2S. The lowest BCUT2D eigenvalue weighted by Crippen LogP contribution is -2.22. The number of hydrogen-bond donors (Lipinski definition) is 1. The second-order valence-electron chi connectivity index (χ2n) is 7.02. The molecule has 2 atom stereocenters. The minimum Gasteiger partial charge on any atom is -0.481 e. The van der Waals surface area contributed by atoms with Gasteiger partial charge in [-0.15, -0.1) is 11.3 Å². The molecule has 0 amide bonds. The van der Waals surface area contributed by atoms with Crippen LogP contribution in [0.5, 0.6) is 0 Å². The fraction of sp³-hybridized carbons (Fsp3) is 0.474. The van der Waals surface area contributed by atoms with E-state index in [1.807, 2.05) is 13.1 Å². The molecule has 1 aliphatic rings. The first-order valence-electron chi connectivity index (χ1n) is 8.44. The summed E-state index contributed by atoms with van der Waals surface area (Å²) < 4.78 is 0. The number of hydrogen-bond acceptors (Lipinski definition) is 4. The first-order valence-corrected chi connectivity index (χ1v) is 9.26. The molecule has 2 heterocycles. The van der Waals surface area contributed by atoms with E-state index in [-0.39, 0.29) is 11.8 Å². The van der Waals surface area contributed by atoms with Crippen LogP contribution in [0.2, 0.25) is 0 Å². The van der Waals surface area contributed by atoms with Gasteiger partial charge in [0, 0.05) is 36.3 Å². The van der Waals surface area contributed by atoms with Gasteiger partial charge in [-0.3, -0.25) is 9.69 Å². The van der Waals surface area contributed by atoms with Crippen LogP contribution in [-0.4, -0.2) is 34.0 Å². The van der Waals surface area contributed by atoms with E-state index in [4.69, 9.17) is 0 Å². The van der Waals surface area contributed by atoms with Crippen LogP contribution in [0.25, 0.3) is 10.6 Å². The van der Waals surface area contributed by atoms with Crippen molar-refractivity contribution in [2.75, 3.05) is 13.1 Å². The van der Waals surface area contributed by atoms with E-state index in [9.17, 15) is 9.90 Å². The number of carbonyl (C=O) groups is 1. The van der Waals surface area contributed by atoms with E-state index in [1.54, 1.807) is 11.3 Å². The largest absolute Gasteiger partial charge is 0.481 e. The maximum atomic E-state index is 11.2. The molecule has 2 aromatic rings. The van der Waals surface area contributed by atoms with E-state index in [0.717, 1.165) is 23.7 Å². The van der Waals surface area contributed by atoms with Crippen LogP contribution in [0.1, 0.15) is 37.1 Å². The van der Waals surface area contributed by atoms with Crippen molar-refractivity contribution in [2.24, 2.45) is 11.8 Å². The normalized spacial score (nSPS) is 21.5. The first-order chi connectivity index (χ1) is 11.4. The predicted molar refractivity (Wildman–Crippen MR) is 97.2 cm³/mol. The number of benzene rings is 1. The van der Waals surface area contributed by atoms with Gasteiger partial charge in [0.2, 0.25) is 0 Å². The number of carboxylic acids is 1. The predicted octanol–water partition coefficient (Wildman–Crippen LogP) is 4.09. The Balaban J connectivity index is 1.67. The van der Waals surface area contributed by atoms with E-state index in [1.165, 1.54) is 10.4 Å². The molecule has 0 saturated carbocycles. The standard InChI is InChI=1S/C19H24N2O2S/c1-12(2)14-4-6-15(7-5-14)18-20-8-16(24-18)10-21-9-13(3)17(11-21)19(22)23/h4-8,12-13,17H,9-11H2,1-3H3,(H,22,23)/t13-,17-/m1/s1. The maximum Gasteiger partial charge on any atom is 0.308 e. The highest BCUT2D eigenvalue weighted by atomic mass is 32.1. The Morgan fingerprint density at radius 2 is 2.04 bits per heavy atom.